The van der Waals surface area contributed by atoms with Crippen molar-refractivity contribution in [2.75, 3.05) is 0 Å². The maximum Gasteiger partial charge on any atom is 1.00 e. The molecule has 1 radical (unpaired) electrons. The molecule has 10 heteroatoms. The molecule has 0 rings (SSSR count). The molecule has 0 amide bonds. The van der Waals surface area contributed by atoms with Gasteiger partial charge in [-0.25, -0.2) is 0 Å². The number of ketones is 4. The summed E-state index contributed by atoms with van der Waals surface area (Å²) in [7, 11) is 0. The molecule has 0 unspecified atom stereocenters. The van der Waals surface area contributed by atoms with Crippen molar-refractivity contribution >= 4 is 23.1 Å². The smallest absolute Gasteiger partial charge is 0.512 e. The first kappa shape index (κ1) is 42.7. The van der Waals surface area contributed by atoms with Crippen molar-refractivity contribution in [1.29, 1.82) is 0 Å². The molecule has 30 heavy (non-hydrogen) atoms. The van der Waals surface area contributed by atoms with Crippen molar-refractivity contribution in [2.45, 2.75) is 55.4 Å². The summed E-state index contributed by atoms with van der Waals surface area (Å²) >= 11 is 0. The van der Waals surface area contributed by atoms with E-state index in [-0.39, 0.29) is 102 Å². The first-order valence-corrected chi connectivity index (χ1v) is 8.02. The Hall–Kier alpha value is -1.33. The second kappa shape index (κ2) is 27.7. The van der Waals surface area contributed by atoms with Crippen LogP contribution in [0, 0.1) is 36.9 Å². The zero-order valence-electron chi connectivity index (χ0n) is 19.0. The molecule has 175 valence electrons. The van der Waals surface area contributed by atoms with Gasteiger partial charge in [0.05, 0.1) is 23.0 Å². The van der Waals surface area contributed by atoms with Crippen LogP contribution >= 0.6 is 0 Å². The standard InChI is InChI=1S/4C5H8O2.Li.Lu/c4*1-4(6)3-5(2)7;;/h4*3,6H,1-2H3;;/q;;;;+1;/b4*4-3-;;. The van der Waals surface area contributed by atoms with Crippen LogP contribution in [0.25, 0.3) is 0 Å². The minimum Gasteiger partial charge on any atom is -0.512 e. The SMILES string of the molecule is CC(=O)/C=C(/C)O.CC(=O)/C=C(/C)O.CC(=O)/C=C(/C)O.CC(=O)/C=C(/C)O.[Li+].[Lu]. The van der Waals surface area contributed by atoms with Crippen molar-refractivity contribution in [1.82, 2.24) is 0 Å². The summed E-state index contributed by atoms with van der Waals surface area (Å²) in [5, 5.41) is 33.5. The first-order valence-electron chi connectivity index (χ1n) is 8.02. The molecule has 0 heterocycles. The van der Waals surface area contributed by atoms with Gasteiger partial charge in [0.1, 0.15) is 0 Å². The zero-order chi connectivity index (χ0) is 23.4. The molecule has 0 atom stereocenters. The molecular weight excluding hydrogens is 550 g/mol. The van der Waals surface area contributed by atoms with Gasteiger partial charge in [0.2, 0.25) is 0 Å². The van der Waals surface area contributed by atoms with E-state index >= 15 is 0 Å². The van der Waals surface area contributed by atoms with Crippen LogP contribution in [0.2, 0.25) is 0 Å². The summed E-state index contributed by atoms with van der Waals surface area (Å²) in [6, 6.07) is 0. The molecule has 0 aromatic heterocycles. The average Bonchev–Trinajstić information content (AvgIpc) is 2.32. The van der Waals surface area contributed by atoms with Gasteiger partial charge in [0.25, 0.3) is 0 Å². The number of aliphatic hydroxyl groups excluding tert-OH is 4. The second-order valence-corrected chi connectivity index (χ2v) is 5.59. The monoisotopic (exact) mass is 582 g/mol. The Bertz CT molecular complexity index is 519. The number of hydrogen-bond acceptors (Lipinski definition) is 8. The van der Waals surface area contributed by atoms with Crippen molar-refractivity contribution in [3.8, 4) is 0 Å². The molecule has 0 aliphatic heterocycles. The Morgan fingerprint density at radius 2 is 0.533 bits per heavy atom. The van der Waals surface area contributed by atoms with Crippen LogP contribution in [0.5, 0.6) is 0 Å². The molecule has 0 spiro atoms. The molecule has 0 aliphatic carbocycles. The second-order valence-electron chi connectivity index (χ2n) is 5.59. The molecule has 0 saturated carbocycles. The van der Waals surface area contributed by atoms with Gasteiger partial charge >= 0.3 is 18.9 Å². The Morgan fingerprint density at radius 3 is 0.533 bits per heavy atom. The molecule has 0 aromatic rings. The van der Waals surface area contributed by atoms with Crippen LogP contribution in [0.3, 0.4) is 0 Å². The Balaban J connectivity index is -0.0000000626. The van der Waals surface area contributed by atoms with E-state index < -0.39 is 0 Å². The van der Waals surface area contributed by atoms with Crippen molar-refractivity contribution in [2.24, 2.45) is 0 Å². The van der Waals surface area contributed by atoms with E-state index in [9.17, 15) is 19.2 Å². The van der Waals surface area contributed by atoms with Crippen molar-refractivity contribution in [3.63, 3.8) is 0 Å². The largest absolute Gasteiger partial charge is 1.00 e. The van der Waals surface area contributed by atoms with Gasteiger partial charge in [-0.1, -0.05) is 0 Å². The minimum absolute atomic E-state index is 0. The van der Waals surface area contributed by atoms with Crippen LogP contribution in [-0.2, 0) is 19.2 Å². The van der Waals surface area contributed by atoms with Gasteiger partial charge in [-0.3, -0.25) is 19.2 Å². The van der Waals surface area contributed by atoms with E-state index in [1.54, 1.807) is 0 Å². The molecule has 0 saturated heterocycles. The average molecular weight is 582 g/mol. The van der Waals surface area contributed by atoms with E-state index in [1.807, 2.05) is 0 Å². The maximum atomic E-state index is 10.0. The fourth-order valence-electron chi connectivity index (χ4n) is 1.18. The van der Waals surface area contributed by atoms with E-state index in [4.69, 9.17) is 20.4 Å². The number of aliphatic hydroxyl groups is 4. The van der Waals surface area contributed by atoms with Gasteiger partial charge in [-0.05, 0) is 55.4 Å². The van der Waals surface area contributed by atoms with Crippen LogP contribution in [0.1, 0.15) is 55.4 Å². The summed E-state index contributed by atoms with van der Waals surface area (Å²) in [6.07, 6.45) is 4.67. The predicted molar refractivity (Wildman–Crippen MR) is 108 cm³/mol. The number of allylic oxidation sites excluding steroid dienone is 8. The summed E-state index contributed by atoms with van der Waals surface area (Å²) in [5.41, 5.74) is 0. The van der Waals surface area contributed by atoms with Gasteiger partial charge in [-0.2, -0.15) is 0 Å². The molecule has 4 N–H and O–H groups in total. The van der Waals surface area contributed by atoms with E-state index in [0.29, 0.717) is 0 Å². The van der Waals surface area contributed by atoms with Crippen LogP contribution in [0.15, 0.2) is 47.3 Å². The number of carbonyl (C=O) groups is 4. The van der Waals surface area contributed by atoms with Gasteiger partial charge in [-0.15, -0.1) is 0 Å². The fourth-order valence-corrected chi connectivity index (χ4v) is 1.18. The topological polar surface area (TPSA) is 149 Å². The quantitative estimate of drug-likeness (QED) is 0.219. The third-order valence-electron chi connectivity index (χ3n) is 1.65. The molecule has 0 aliphatic rings. The molecule has 8 nitrogen and oxygen atoms in total. The van der Waals surface area contributed by atoms with Gasteiger partial charge < -0.3 is 20.4 Å². The normalized spacial score (nSPS) is 10.7. The number of rotatable bonds is 4. The van der Waals surface area contributed by atoms with Crippen LogP contribution in [0.4, 0.5) is 0 Å². The number of carbonyl (C=O) groups excluding carboxylic acids is 4. The third kappa shape index (κ3) is 81.7. The van der Waals surface area contributed by atoms with Crippen LogP contribution in [-0.4, -0.2) is 43.6 Å². The number of hydrogen-bond donors (Lipinski definition) is 4. The van der Waals surface area contributed by atoms with Gasteiger partial charge in [0, 0.05) is 61.2 Å². The predicted octanol–water partition coefficient (Wildman–Crippen LogP) is 1.15. The van der Waals surface area contributed by atoms with E-state index in [1.165, 1.54) is 79.7 Å². The Kier molecular flexibility index (Phi) is 39.4. The molecule has 0 fully saturated rings. The molecular formula is C20H32LiLuO8+. The minimum atomic E-state index is -0.125. The first-order chi connectivity index (χ1) is 12.5. The van der Waals surface area contributed by atoms with Crippen molar-refractivity contribution in [3.05, 3.63) is 47.3 Å². The van der Waals surface area contributed by atoms with E-state index in [0.717, 1.165) is 0 Å². The van der Waals surface area contributed by atoms with Gasteiger partial charge in [0.15, 0.2) is 23.1 Å². The van der Waals surface area contributed by atoms with Crippen molar-refractivity contribution < 1.29 is 95.3 Å². The summed E-state index contributed by atoms with van der Waals surface area (Å²) in [4.78, 5) is 40.1. The summed E-state index contributed by atoms with van der Waals surface area (Å²) < 4.78 is 0. The summed E-state index contributed by atoms with van der Waals surface area (Å²) in [6.45, 7) is 11.4. The zero-order valence-corrected chi connectivity index (χ0v) is 20.6. The fraction of sp³-hybridized carbons (Fsp3) is 0.400. The Labute approximate surface area is 219 Å². The van der Waals surface area contributed by atoms with Crippen LogP contribution < -0.4 is 18.9 Å². The van der Waals surface area contributed by atoms with E-state index in [2.05, 4.69) is 0 Å². The molecule has 0 aromatic carbocycles. The molecule has 0 bridgehead atoms. The maximum absolute atomic E-state index is 10.0. The summed E-state index contributed by atoms with van der Waals surface area (Å²) in [5.74, 6) is -0.250. The third-order valence-corrected chi connectivity index (χ3v) is 1.65. The Morgan fingerprint density at radius 1 is 0.433 bits per heavy atom.